The summed E-state index contributed by atoms with van der Waals surface area (Å²) in [6.07, 6.45) is 23.2. The minimum atomic E-state index is -0.825. The highest BCUT2D eigenvalue weighted by Crippen LogP contribution is 2.28. The maximum atomic E-state index is 13.9. The summed E-state index contributed by atoms with van der Waals surface area (Å²) in [6, 6.07) is 0. The van der Waals surface area contributed by atoms with Crippen LogP contribution < -0.4 is 5.32 Å². The second-order valence-electron chi connectivity index (χ2n) is 15.3. The lowest BCUT2D eigenvalue weighted by Crippen LogP contribution is -2.43. The van der Waals surface area contributed by atoms with Crippen LogP contribution in [0.2, 0.25) is 0 Å². The number of unbranched alkanes of at least 4 members (excludes halogenated alkanes) is 16. The summed E-state index contributed by atoms with van der Waals surface area (Å²) in [5.41, 5.74) is 0. The van der Waals surface area contributed by atoms with E-state index in [9.17, 15) is 14.4 Å². The van der Waals surface area contributed by atoms with Crippen molar-refractivity contribution in [3.63, 3.8) is 0 Å². The van der Waals surface area contributed by atoms with E-state index in [0.29, 0.717) is 13.1 Å². The van der Waals surface area contributed by atoms with Crippen molar-refractivity contribution in [3.05, 3.63) is 0 Å². The Kier molecular flexibility index (Phi) is 29.2. The number of ether oxygens (including phenoxy) is 4. The van der Waals surface area contributed by atoms with E-state index in [1.807, 2.05) is 19.0 Å². The molecule has 0 radical (unpaired) electrons. The average Bonchev–Trinajstić information content (AvgIpc) is 3.48. The zero-order valence-corrected chi connectivity index (χ0v) is 34.0. The molecule has 1 aliphatic rings. The molecule has 5 atom stereocenters. The molecule has 1 heterocycles. The van der Waals surface area contributed by atoms with Gasteiger partial charge in [0.15, 0.2) is 12.2 Å². The van der Waals surface area contributed by atoms with Crippen LogP contribution in [0.4, 0.5) is 4.79 Å². The van der Waals surface area contributed by atoms with Gasteiger partial charge in [-0.05, 0) is 39.8 Å². The lowest BCUT2D eigenvalue weighted by Gasteiger charge is -2.27. The fourth-order valence-corrected chi connectivity index (χ4v) is 6.85. The zero-order valence-electron chi connectivity index (χ0n) is 34.0. The molecule has 0 bridgehead atoms. The molecular formula is C42H80N2O7. The van der Waals surface area contributed by atoms with Crippen molar-refractivity contribution < 1.29 is 33.3 Å². The monoisotopic (exact) mass is 725 g/mol. The van der Waals surface area contributed by atoms with Crippen LogP contribution in [-0.4, -0.2) is 81.6 Å². The van der Waals surface area contributed by atoms with Gasteiger partial charge in [-0.1, -0.05) is 156 Å². The molecule has 2 unspecified atom stereocenters. The third kappa shape index (κ3) is 23.4. The Morgan fingerprint density at radius 3 is 1.49 bits per heavy atom. The minimum Gasteiger partial charge on any atom is -0.456 e. The van der Waals surface area contributed by atoms with Crippen LogP contribution in [0.3, 0.4) is 0 Å². The number of hydrogen-bond donors (Lipinski definition) is 1. The number of rotatable bonds is 33. The van der Waals surface area contributed by atoms with Crippen LogP contribution in [0.5, 0.6) is 0 Å². The molecule has 0 spiro atoms. The zero-order chi connectivity index (χ0) is 37.5. The van der Waals surface area contributed by atoms with Crippen molar-refractivity contribution in [2.24, 2.45) is 11.8 Å². The number of nitrogens with one attached hydrogen (secondary N) is 1. The van der Waals surface area contributed by atoms with Gasteiger partial charge < -0.3 is 29.2 Å². The first-order chi connectivity index (χ1) is 24.8. The Labute approximate surface area is 313 Å². The number of amides is 1. The van der Waals surface area contributed by atoms with Crippen molar-refractivity contribution in [1.82, 2.24) is 10.2 Å². The second kappa shape index (κ2) is 31.6. The van der Waals surface area contributed by atoms with Gasteiger partial charge in [0.2, 0.25) is 0 Å². The van der Waals surface area contributed by atoms with Crippen molar-refractivity contribution >= 4 is 18.0 Å². The highest BCUT2D eigenvalue weighted by atomic mass is 16.6. The van der Waals surface area contributed by atoms with E-state index in [0.717, 1.165) is 103 Å². The molecule has 0 aromatic carbocycles. The number of carbonyl (C=O) groups excluding carboxylic acids is 3. The van der Waals surface area contributed by atoms with Crippen LogP contribution in [0.1, 0.15) is 182 Å². The first-order valence-electron chi connectivity index (χ1n) is 21.3. The van der Waals surface area contributed by atoms with Gasteiger partial charge in [-0.2, -0.15) is 0 Å². The molecule has 1 N–H and O–H groups in total. The molecule has 0 saturated carbocycles. The van der Waals surface area contributed by atoms with Crippen LogP contribution in [0.15, 0.2) is 0 Å². The molecule has 0 aliphatic carbocycles. The lowest BCUT2D eigenvalue weighted by molar-refractivity contribution is -0.172. The van der Waals surface area contributed by atoms with Crippen LogP contribution in [0, 0.1) is 11.8 Å². The summed E-state index contributed by atoms with van der Waals surface area (Å²) < 4.78 is 24.1. The molecule has 0 aromatic heterocycles. The highest BCUT2D eigenvalue weighted by Gasteiger charge is 2.45. The number of carbonyl (C=O) groups is 3. The van der Waals surface area contributed by atoms with Crippen LogP contribution in [0.25, 0.3) is 0 Å². The average molecular weight is 725 g/mol. The summed E-state index contributed by atoms with van der Waals surface area (Å²) in [6.45, 7) is 9.99. The molecule has 51 heavy (non-hydrogen) atoms. The highest BCUT2D eigenvalue weighted by molar-refractivity contribution is 5.74. The maximum absolute atomic E-state index is 13.9. The van der Waals surface area contributed by atoms with Gasteiger partial charge in [0.1, 0.15) is 12.7 Å². The molecule has 1 fully saturated rings. The third-order valence-corrected chi connectivity index (χ3v) is 10.2. The Morgan fingerprint density at radius 2 is 1.04 bits per heavy atom. The first-order valence-corrected chi connectivity index (χ1v) is 21.3. The predicted molar refractivity (Wildman–Crippen MR) is 208 cm³/mol. The van der Waals surface area contributed by atoms with Gasteiger partial charge in [0.05, 0.1) is 18.4 Å². The van der Waals surface area contributed by atoms with Gasteiger partial charge in [0, 0.05) is 13.1 Å². The van der Waals surface area contributed by atoms with Crippen molar-refractivity contribution in [1.29, 1.82) is 0 Å². The normalized spacial score (nSPS) is 18.5. The lowest BCUT2D eigenvalue weighted by atomic mass is 9.94. The van der Waals surface area contributed by atoms with Gasteiger partial charge >= 0.3 is 18.0 Å². The first kappa shape index (κ1) is 47.2. The number of alkyl carbamates (subject to hydrolysis) is 1. The molecule has 1 amide bonds. The molecule has 300 valence electrons. The van der Waals surface area contributed by atoms with Crippen LogP contribution in [-0.2, 0) is 28.5 Å². The van der Waals surface area contributed by atoms with E-state index in [2.05, 4.69) is 33.0 Å². The van der Waals surface area contributed by atoms with Crippen molar-refractivity contribution in [3.8, 4) is 0 Å². The van der Waals surface area contributed by atoms with Crippen LogP contribution >= 0.6 is 0 Å². The Morgan fingerprint density at radius 1 is 0.627 bits per heavy atom. The third-order valence-electron chi connectivity index (χ3n) is 10.2. The van der Waals surface area contributed by atoms with E-state index in [1.54, 1.807) is 0 Å². The number of esters is 2. The number of likely N-dealkylation sites (N-methyl/N-ethyl adjacent to an activating group) is 1. The van der Waals surface area contributed by atoms with E-state index in [-0.39, 0.29) is 37.0 Å². The number of hydrogen-bond acceptors (Lipinski definition) is 8. The van der Waals surface area contributed by atoms with E-state index in [1.165, 1.54) is 51.4 Å². The summed E-state index contributed by atoms with van der Waals surface area (Å²) >= 11 is 0. The maximum Gasteiger partial charge on any atom is 0.407 e. The molecular weight excluding hydrogens is 644 g/mol. The summed E-state index contributed by atoms with van der Waals surface area (Å²) in [7, 11) is 3.87. The van der Waals surface area contributed by atoms with E-state index >= 15 is 0 Å². The van der Waals surface area contributed by atoms with E-state index < -0.39 is 24.4 Å². The van der Waals surface area contributed by atoms with Gasteiger partial charge in [-0.15, -0.1) is 0 Å². The summed E-state index contributed by atoms with van der Waals surface area (Å²) in [4.78, 5) is 42.1. The molecule has 9 nitrogen and oxygen atoms in total. The minimum absolute atomic E-state index is 0.0867. The fraction of sp³-hybridized carbons (Fsp3) is 0.929. The topological polar surface area (TPSA) is 103 Å². The summed E-state index contributed by atoms with van der Waals surface area (Å²) in [5.74, 6) is -0.859. The quantitative estimate of drug-likeness (QED) is 0.0405. The Bertz CT molecular complexity index is 870. The molecule has 9 heteroatoms. The standard InChI is InChI=1S/C42H80N2O7/c1-7-11-15-19-21-25-29-35(27-23-17-13-9-3)40(45)50-38-34-48-37(33-49-42(47)43-31-32-44(5)6)39(38)51-41(46)36(28-24-18-14-10-4)30-26-22-20-16-12-8-2/h35-39H,7-34H2,1-6H3,(H,43,47)/t35?,36?,37-,38+,39+/m1/s1. The fourth-order valence-electron chi connectivity index (χ4n) is 6.85. The van der Waals surface area contributed by atoms with Gasteiger partial charge in [-0.3, -0.25) is 9.59 Å². The molecule has 0 aromatic rings. The smallest absolute Gasteiger partial charge is 0.407 e. The number of nitrogens with zero attached hydrogens (tertiary/aromatic N) is 1. The molecule has 1 rings (SSSR count). The van der Waals surface area contributed by atoms with Gasteiger partial charge in [0.25, 0.3) is 0 Å². The Hall–Kier alpha value is -1.87. The Balaban J connectivity index is 3.05. The van der Waals surface area contributed by atoms with Crippen molar-refractivity contribution in [2.75, 3.05) is 40.4 Å². The van der Waals surface area contributed by atoms with Crippen molar-refractivity contribution in [2.45, 2.75) is 200 Å². The van der Waals surface area contributed by atoms with Gasteiger partial charge in [-0.25, -0.2) is 4.79 Å². The predicted octanol–water partition coefficient (Wildman–Crippen LogP) is 10.2. The van der Waals surface area contributed by atoms with E-state index in [4.69, 9.17) is 18.9 Å². The largest absolute Gasteiger partial charge is 0.456 e. The molecule has 1 saturated heterocycles. The second-order valence-corrected chi connectivity index (χ2v) is 15.3. The SMILES string of the molecule is CCCCCCCCC(CCCCCC)C(=O)O[C@@H]1[C@@H](OC(=O)C(CCCCCC)CCCCCCCC)CO[C@@H]1COC(=O)NCCN(C)C. The summed E-state index contributed by atoms with van der Waals surface area (Å²) in [5, 5.41) is 2.76. The molecule has 1 aliphatic heterocycles.